The molecule has 0 heterocycles. The number of carbonyl (C=O) groups excluding carboxylic acids is 1. The van der Waals surface area contributed by atoms with Crippen molar-refractivity contribution in [3.8, 4) is 0 Å². The zero-order chi connectivity index (χ0) is 10.9. The van der Waals surface area contributed by atoms with Crippen LogP contribution in [0.5, 0.6) is 0 Å². The summed E-state index contributed by atoms with van der Waals surface area (Å²) in [5.41, 5.74) is 0.360. The first-order valence-electron chi connectivity index (χ1n) is 5.28. The maximum atomic E-state index is 11.6. The predicted molar refractivity (Wildman–Crippen MR) is 57.1 cm³/mol. The van der Waals surface area contributed by atoms with Crippen molar-refractivity contribution in [1.82, 2.24) is 0 Å². The van der Waals surface area contributed by atoms with Gasteiger partial charge in [-0.25, -0.2) is 0 Å². The number of hydrogen-bond donors (Lipinski definition) is 1. The highest BCUT2D eigenvalue weighted by molar-refractivity contribution is 5.96. The molecule has 1 aliphatic carbocycles. The van der Waals surface area contributed by atoms with Gasteiger partial charge in [-0.05, 0) is 18.8 Å². The van der Waals surface area contributed by atoms with E-state index in [1.807, 2.05) is 20.8 Å². The fourth-order valence-corrected chi connectivity index (χ4v) is 1.77. The number of hydrogen-bond acceptors (Lipinski definition) is 2. The van der Waals surface area contributed by atoms with Crippen LogP contribution >= 0.6 is 0 Å². The Balaban J connectivity index is 2.98. The van der Waals surface area contributed by atoms with E-state index >= 15 is 0 Å². The maximum absolute atomic E-state index is 11.6. The van der Waals surface area contributed by atoms with Crippen molar-refractivity contribution in [1.29, 1.82) is 0 Å². The molecular formula is C12H20O2. The molecule has 0 saturated heterocycles. The fraction of sp³-hybridized carbons (Fsp3) is 0.750. The van der Waals surface area contributed by atoms with E-state index < -0.39 is 0 Å². The van der Waals surface area contributed by atoms with Crippen molar-refractivity contribution in [3.05, 3.63) is 11.3 Å². The second kappa shape index (κ2) is 3.76. The average molecular weight is 196 g/mol. The molecule has 1 saturated carbocycles. The van der Waals surface area contributed by atoms with Gasteiger partial charge in [-0.2, -0.15) is 0 Å². The molecule has 80 valence electrons. The van der Waals surface area contributed by atoms with E-state index in [0.29, 0.717) is 17.9 Å². The van der Waals surface area contributed by atoms with Crippen LogP contribution in [0, 0.1) is 11.3 Å². The van der Waals surface area contributed by atoms with Gasteiger partial charge in [0.15, 0.2) is 5.78 Å². The van der Waals surface area contributed by atoms with Crippen molar-refractivity contribution in [2.75, 3.05) is 0 Å². The third-order valence-corrected chi connectivity index (χ3v) is 2.75. The van der Waals surface area contributed by atoms with Gasteiger partial charge in [0.25, 0.3) is 0 Å². The molecule has 1 atom stereocenters. The zero-order valence-corrected chi connectivity index (χ0v) is 9.55. The van der Waals surface area contributed by atoms with Crippen molar-refractivity contribution in [3.63, 3.8) is 0 Å². The summed E-state index contributed by atoms with van der Waals surface area (Å²) in [7, 11) is 0. The normalized spacial score (nSPS) is 27.7. The molecule has 0 amide bonds. The lowest BCUT2D eigenvalue weighted by molar-refractivity contribution is -0.117. The Hall–Kier alpha value is -0.790. The first-order valence-corrected chi connectivity index (χ1v) is 5.28. The number of aliphatic hydroxyl groups is 1. The highest BCUT2D eigenvalue weighted by Gasteiger charge is 2.28. The molecule has 0 radical (unpaired) electrons. The van der Waals surface area contributed by atoms with E-state index in [0.717, 1.165) is 12.8 Å². The first-order chi connectivity index (χ1) is 6.32. The smallest absolute Gasteiger partial charge is 0.162 e. The van der Waals surface area contributed by atoms with E-state index in [4.69, 9.17) is 0 Å². The zero-order valence-electron chi connectivity index (χ0n) is 9.55. The van der Waals surface area contributed by atoms with Gasteiger partial charge in [-0.3, -0.25) is 4.79 Å². The van der Waals surface area contributed by atoms with Crippen LogP contribution in [0.15, 0.2) is 11.3 Å². The molecule has 0 aliphatic heterocycles. The van der Waals surface area contributed by atoms with Crippen LogP contribution in [0.25, 0.3) is 0 Å². The van der Waals surface area contributed by atoms with Gasteiger partial charge in [0, 0.05) is 17.4 Å². The van der Waals surface area contributed by atoms with E-state index in [1.54, 1.807) is 0 Å². The molecule has 0 bridgehead atoms. The van der Waals surface area contributed by atoms with Crippen LogP contribution in [0.4, 0.5) is 0 Å². The Morgan fingerprint density at radius 2 is 2.00 bits per heavy atom. The lowest BCUT2D eigenvalue weighted by atomic mass is 9.80. The van der Waals surface area contributed by atoms with Gasteiger partial charge in [-0.15, -0.1) is 0 Å². The van der Waals surface area contributed by atoms with E-state index in [1.165, 1.54) is 0 Å². The van der Waals surface area contributed by atoms with Gasteiger partial charge >= 0.3 is 0 Å². The Morgan fingerprint density at radius 1 is 1.43 bits per heavy atom. The summed E-state index contributed by atoms with van der Waals surface area (Å²) in [6, 6.07) is 0. The molecule has 1 aliphatic rings. The Morgan fingerprint density at radius 3 is 2.50 bits per heavy atom. The van der Waals surface area contributed by atoms with Crippen molar-refractivity contribution in [2.24, 2.45) is 11.3 Å². The summed E-state index contributed by atoms with van der Waals surface area (Å²) < 4.78 is 0. The lowest BCUT2D eigenvalue weighted by Crippen LogP contribution is -2.21. The van der Waals surface area contributed by atoms with Crippen LogP contribution in [0.1, 0.15) is 47.0 Å². The van der Waals surface area contributed by atoms with Crippen molar-refractivity contribution in [2.45, 2.75) is 47.0 Å². The minimum Gasteiger partial charge on any atom is -0.511 e. The van der Waals surface area contributed by atoms with Crippen molar-refractivity contribution >= 4 is 5.78 Å². The number of aliphatic hydroxyl groups excluding tert-OH is 1. The monoisotopic (exact) mass is 196 g/mol. The van der Waals surface area contributed by atoms with Crippen LogP contribution < -0.4 is 0 Å². The van der Waals surface area contributed by atoms with Gasteiger partial charge in [0.05, 0.1) is 0 Å². The van der Waals surface area contributed by atoms with Crippen LogP contribution in [-0.4, -0.2) is 10.9 Å². The van der Waals surface area contributed by atoms with E-state index in [2.05, 4.69) is 6.92 Å². The molecule has 0 aromatic carbocycles. The van der Waals surface area contributed by atoms with E-state index in [-0.39, 0.29) is 17.0 Å². The molecule has 2 nitrogen and oxygen atoms in total. The maximum Gasteiger partial charge on any atom is 0.162 e. The van der Waals surface area contributed by atoms with Crippen LogP contribution in [0.3, 0.4) is 0 Å². The number of Topliss-reactive ketones (excluding diaryl/α,β-unsaturated/α-hetero) is 1. The largest absolute Gasteiger partial charge is 0.511 e. The van der Waals surface area contributed by atoms with Crippen LogP contribution in [0.2, 0.25) is 0 Å². The summed E-state index contributed by atoms with van der Waals surface area (Å²) in [6.07, 6.45) is 2.29. The molecule has 1 unspecified atom stereocenters. The number of rotatable bonds is 0. The molecule has 1 N–H and O–H groups in total. The third-order valence-electron chi connectivity index (χ3n) is 2.75. The molecular weight excluding hydrogens is 176 g/mol. The van der Waals surface area contributed by atoms with Gasteiger partial charge in [0.1, 0.15) is 5.76 Å². The van der Waals surface area contributed by atoms with Gasteiger partial charge < -0.3 is 5.11 Å². The molecule has 1 fully saturated rings. The number of carbonyl (C=O) groups is 1. The highest BCUT2D eigenvalue weighted by atomic mass is 16.3. The summed E-state index contributed by atoms with van der Waals surface area (Å²) in [6.45, 7) is 7.92. The molecule has 14 heavy (non-hydrogen) atoms. The second-order valence-corrected chi connectivity index (χ2v) is 5.35. The first kappa shape index (κ1) is 11.3. The Labute approximate surface area is 86.0 Å². The second-order valence-electron chi connectivity index (χ2n) is 5.35. The molecule has 1 rings (SSSR count). The van der Waals surface area contributed by atoms with Gasteiger partial charge in [-0.1, -0.05) is 27.7 Å². The summed E-state index contributed by atoms with van der Waals surface area (Å²) in [4.78, 5) is 11.6. The Kier molecular flexibility index (Phi) is 3.03. The number of allylic oxidation sites excluding steroid dienone is 2. The highest BCUT2D eigenvalue weighted by Crippen LogP contribution is 2.33. The summed E-state index contributed by atoms with van der Waals surface area (Å²) in [5, 5.41) is 9.96. The minimum atomic E-state index is -0.304. The Bertz CT molecular complexity index is 269. The van der Waals surface area contributed by atoms with E-state index in [9.17, 15) is 9.90 Å². The minimum absolute atomic E-state index is 0.135. The molecule has 0 aromatic rings. The van der Waals surface area contributed by atoms with Crippen LogP contribution in [-0.2, 0) is 4.79 Å². The quantitative estimate of drug-likeness (QED) is 0.477. The molecule has 0 aromatic heterocycles. The predicted octanol–water partition coefficient (Wildman–Crippen LogP) is 3.23. The third kappa shape index (κ3) is 2.37. The fourth-order valence-electron chi connectivity index (χ4n) is 1.77. The van der Waals surface area contributed by atoms with Gasteiger partial charge in [0.2, 0.25) is 0 Å². The summed E-state index contributed by atoms with van der Waals surface area (Å²) in [5.74, 6) is 0.941. The molecule has 0 spiro atoms. The SMILES string of the molecule is CC1CCC(=O)C(=C(O)C(C)(C)C)C1. The topological polar surface area (TPSA) is 37.3 Å². The standard InChI is InChI=1S/C12H20O2/c1-8-5-6-10(13)9(7-8)11(14)12(2,3)4/h8,14H,5-7H2,1-4H3. The lowest BCUT2D eigenvalue weighted by Gasteiger charge is -2.26. The number of ketones is 1. The molecule has 2 heteroatoms. The summed E-state index contributed by atoms with van der Waals surface area (Å²) >= 11 is 0. The average Bonchev–Trinajstić information content (AvgIpc) is 2.06. The van der Waals surface area contributed by atoms with Crippen molar-refractivity contribution < 1.29 is 9.90 Å².